The molecular formula is C11H17N3O6S. The number of ether oxygens (including phenoxy) is 1. The summed E-state index contributed by atoms with van der Waals surface area (Å²) in [7, 11) is -3.87. The third kappa shape index (κ3) is 3.59. The van der Waals surface area contributed by atoms with Gasteiger partial charge in [-0.2, -0.15) is 5.10 Å². The van der Waals surface area contributed by atoms with Crippen LogP contribution in [0.15, 0.2) is 17.3 Å². The first-order valence-electron chi connectivity index (χ1n) is 6.31. The summed E-state index contributed by atoms with van der Waals surface area (Å²) >= 11 is 0. The zero-order chi connectivity index (χ0) is 15.7. The van der Waals surface area contributed by atoms with Gasteiger partial charge in [-0.1, -0.05) is 0 Å². The lowest BCUT2D eigenvalue weighted by molar-refractivity contribution is -0.137. The Kier molecular flexibility index (Phi) is 4.33. The third-order valence-corrected chi connectivity index (χ3v) is 4.80. The van der Waals surface area contributed by atoms with E-state index in [2.05, 4.69) is 9.82 Å². The zero-order valence-electron chi connectivity index (χ0n) is 11.4. The van der Waals surface area contributed by atoms with Crippen LogP contribution in [0.3, 0.4) is 0 Å². The number of nitrogens with zero attached hydrogens (tertiary/aromatic N) is 2. The summed E-state index contributed by atoms with van der Waals surface area (Å²) in [5.41, 5.74) is -1.25. The number of aliphatic carboxylic acids is 1. The van der Waals surface area contributed by atoms with Crippen molar-refractivity contribution in [3.8, 4) is 0 Å². The number of nitrogens with one attached hydrogen (secondary N) is 1. The number of hydrogen-bond donors (Lipinski definition) is 3. The van der Waals surface area contributed by atoms with E-state index < -0.39 is 34.2 Å². The Bertz CT molecular complexity index is 628. The Morgan fingerprint density at radius 3 is 2.95 bits per heavy atom. The van der Waals surface area contributed by atoms with Crippen molar-refractivity contribution < 1.29 is 28.2 Å². The predicted octanol–water partition coefficient (Wildman–Crippen LogP) is -1.21. The van der Waals surface area contributed by atoms with Crippen LogP contribution in [-0.4, -0.2) is 59.2 Å². The highest BCUT2D eigenvalue weighted by molar-refractivity contribution is 7.89. The van der Waals surface area contributed by atoms with Crippen LogP contribution >= 0.6 is 0 Å². The van der Waals surface area contributed by atoms with Crippen LogP contribution in [0.4, 0.5) is 0 Å². The molecule has 1 aliphatic rings. The normalized spacial score (nSPS) is 26.1. The van der Waals surface area contributed by atoms with Gasteiger partial charge in [0, 0.05) is 25.8 Å². The Labute approximate surface area is 121 Å². The van der Waals surface area contributed by atoms with Gasteiger partial charge >= 0.3 is 5.97 Å². The van der Waals surface area contributed by atoms with Crippen LogP contribution in [0.25, 0.3) is 0 Å². The molecule has 1 aromatic heterocycles. The van der Waals surface area contributed by atoms with Crippen molar-refractivity contribution in [1.29, 1.82) is 0 Å². The number of rotatable bonds is 6. The average molecular weight is 319 g/mol. The molecule has 0 saturated carbocycles. The van der Waals surface area contributed by atoms with E-state index in [1.54, 1.807) is 6.92 Å². The summed E-state index contributed by atoms with van der Waals surface area (Å²) in [6.07, 6.45) is 2.06. The van der Waals surface area contributed by atoms with E-state index in [4.69, 9.17) is 9.84 Å². The van der Waals surface area contributed by atoms with E-state index in [9.17, 15) is 18.3 Å². The van der Waals surface area contributed by atoms with Gasteiger partial charge < -0.3 is 14.9 Å². The smallest absolute Gasteiger partial charge is 0.325 e. The Hall–Kier alpha value is -1.49. The number of carboxylic acid groups (broad SMARTS) is 1. The molecule has 9 nitrogen and oxygen atoms in total. The monoisotopic (exact) mass is 319 g/mol. The highest BCUT2D eigenvalue weighted by Crippen LogP contribution is 2.25. The highest BCUT2D eigenvalue weighted by atomic mass is 32.2. The van der Waals surface area contributed by atoms with Crippen molar-refractivity contribution in [2.24, 2.45) is 0 Å². The number of aliphatic hydroxyl groups is 1. The molecule has 1 fully saturated rings. The molecule has 2 rings (SSSR count). The summed E-state index contributed by atoms with van der Waals surface area (Å²) < 4.78 is 32.7. The van der Waals surface area contributed by atoms with Gasteiger partial charge in [0.25, 0.3) is 0 Å². The van der Waals surface area contributed by atoms with E-state index >= 15 is 0 Å². The van der Waals surface area contributed by atoms with Crippen molar-refractivity contribution in [1.82, 2.24) is 14.5 Å². The number of sulfonamides is 1. The fourth-order valence-electron chi connectivity index (χ4n) is 2.01. The van der Waals surface area contributed by atoms with Crippen molar-refractivity contribution in [3.63, 3.8) is 0 Å². The maximum absolute atomic E-state index is 12.1. The van der Waals surface area contributed by atoms with E-state index in [-0.39, 0.29) is 11.4 Å². The largest absolute Gasteiger partial charge is 0.480 e. The van der Waals surface area contributed by atoms with E-state index in [1.807, 2.05) is 0 Å². The Morgan fingerprint density at radius 2 is 2.38 bits per heavy atom. The molecule has 3 N–H and O–H groups in total. The molecule has 0 radical (unpaired) electrons. The number of carbonyl (C=O) groups is 1. The summed E-state index contributed by atoms with van der Waals surface area (Å²) in [6.45, 7) is 1.44. The van der Waals surface area contributed by atoms with Crippen LogP contribution < -0.4 is 4.72 Å². The van der Waals surface area contributed by atoms with Crippen LogP contribution in [0.5, 0.6) is 0 Å². The van der Waals surface area contributed by atoms with Gasteiger partial charge in [0.05, 0.1) is 12.3 Å². The second-order valence-corrected chi connectivity index (χ2v) is 6.73. The molecule has 1 saturated heterocycles. The lowest BCUT2D eigenvalue weighted by atomic mass is 9.97. The quantitative estimate of drug-likeness (QED) is 0.599. The van der Waals surface area contributed by atoms with Gasteiger partial charge in [-0.25, -0.2) is 13.1 Å². The minimum Gasteiger partial charge on any atom is -0.480 e. The van der Waals surface area contributed by atoms with Crippen LogP contribution in [0, 0.1) is 0 Å². The van der Waals surface area contributed by atoms with Gasteiger partial charge in [-0.05, 0) is 6.92 Å². The van der Waals surface area contributed by atoms with Gasteiger partial charge in [-0.3, -0.25) is 9.48 Å². The maximum atomic E-state index is 12.1. The SMILES string of the molecule is CC1OCCC1(O)CNS(=O)(=O)c1cnn(CC(=O)O)c1. The van der Waals surface area contributed by atoms with E-state index in [1.165, 1.54) is 0 Å². The molecule has 2 atom stereocenters. The number of aromatic nitrogens is 2. The maximum Gasteiger partial charge on any atom is 0.325 e. The first-order valence-corrected chi connectivity index (χ1v) is 7.79. The fraction of sp³-hybridized carbons (Fsp3) is 0.636. The summed E-state index contributed by atoms with van der Waals surface area (Å²) in [6, 6.07) is 0. The minimum atomic E-state index is -3.87. The lowest BCUT2D eigenvalue weighted by Gasteiger charge is -2.25. The average Bonchev–Trinajstić information content (AvgIpc) is 2.96. The van der Waals surface area contributed by atoms with Gasteiger partial charge in [0.15, 0.2) is 0 Å². The van der Waals surface area contributed by atoms with E-state index in [0.717, 1.165) is 17.1 Å². The molecule has 0 spiro atoms. The minimum absolute atomic E-state index is 0.154. The lowest BCUT2D eigenvalue weighted by Crippen LogP contribution is -2.47. The zero-order valence-corrected chi connectivity index (χ0v) is 12.2. The Balaban J connectivity index is 2.05. The molecular weight excluding hydrogens is 302 g/mol. The predicted molar refractivity (Wildman–Crippen MR) is 70.0 cm³/mol. The molecule has 10 heteroatoms. The topological polar surface area (TPSA) is 131 Å². The molecule has 0 aliphatic carbocycles. The van der Waals surface area contributed by atoms with Crippen molar-refractivity contribution in [2.45, 2.75) is 36.5 Å². The first-order chi connectivity index (χ1) is 9.73. The van der Waals surface area contributed by atoms with Crippen molar-refractivity contribution >= 4 is 16.0 Å². The molecule has 118 valence electrons. The van der Waals surface area contributed by atoms with Crippen LogP contribution in [0.1, 0.15) is 13.3 Å². The van der Waals surface area contributed by atoms with Gasteiger partial charge in [-0.15, -0.1) is 0 Å². The van der Waals surface area contributed by atoms with Crippen LogP contribution in [-0.2, 0) is 26.1 Å². The number of carboxylic acids is 1. The van der Waals surface area contributed by atoms with Crippen molar-refractivity contribution in [3.05, 3.63) is 12.4 Å². The van der Waals surface area contributed by atoms with Crippen LogP contribution in [0.2, 0.25) is 0 Å². The molecule has 2 unspecified atom stereocenters. The number of hydrogen-bond acceptors (Lipinski definition) is 6. The molecule has 0 aromatic carbocycles. The molecule has 0 amide bonds. The molecule has 1 aromatic rings. The molecule has 2 heterocycles. The summed E-state index contributed by atoms with van der Waals surface area (Å²) in [5, 5.41) is 22.5. The third-order valence-electron chi connectivity index (χ3n) is 3.44. The molecule has 1 aliphatic heterocycles. The summed E-state index contributed by atoms with van der Waals surface area (Å²) in [5.74, 6) is -1.12. The summed E-state index contributed by atoms with van der Waals surface area (Å²) in [4.78, 5) is 10.4. The molecule has 21 heavy (non-hydrogen) atoms. The van der Waals surface area contributed by atoms with Gasteiger partial charge in [0.2, 0.25) is 10.0 Å². The first kappa shape index (κ1) is 15.9. The standard InChI is InChI=1S/C11H17N3O6S/c1-8-11(17,2-3-20-8)7-13-21(18,19)9-4-12-14(5-9)6-10(15)16/h4-5,8,13,17H,2-3,6-7H2,1H3,(H,15,16). The highest BCUT2D eigenvalue weighted by Gasteiger charge is 2.40. The second kappa shape index (κ2) is 5.72. The van der Waals surface area contributed by atoms with Crippen molar-refractivity contribution in [2.75, 3.05) is 13.2 Å². The molecule has 0 bridgehead atoms. The van der Waals surface area contributed by atoms with E-state index in [0.29, 0.717) is 13.0 Å². The second-order valence-electron chi connectivity index (χ2n) is 4.96. The Morgan fingerprint density at radius 1 is 1.67 bits per heavy atom. The van der Waals surface area contributed by atoms with Gasteiger partial charge in [0.1, 0.15) is 17.0 Å². The fourth-order valence-corrected chi connectivity index (χ4v) is 3.07.